The third-order valence-electron chi connectivity index (χ3n) is 2.95. The fraction of sp³-hybridized carbons (Fsp3) is 0.429. The zero-order valence-electron chi connectivity index (χ0n) is 11.3. The molecular formula is C14H20N2O3. The second kappa shape index (κ2) is 7.53. The lowest BCUT2D eigenvalue weighted by Crippen LogP contribution is -2.35. The van der Waals surface area contributed by atoms with E-state index in [0.717, 1.165) is 11.1 Å². The molecule has 0 saturated carbocycles. The van der Waals surface area contributed by atoms with Crippen LogP contribution in [0.25, 0.3) is 0 Å². The maximum atomic E-state index is 11.6. The second-order valence-electron chi connectivity index (χ2n) is 4.35. The SMILES string of the molecule is CCN(C)C(=O)CNCc1ccccc1CC(=O)O. The van der Waals surface area contributed by atoms with Crippen LogP contribution in [0.15, 0.2) is 24.3 Å². The summed E-state index contributed by atoms with van der Waals surface area (Å²) in [5.74, 6) is -0.826. The van der Waals surface area contributed by atoms with Crippen LogP contribution < -0.4 is 5.32 Å². The molecule has 104 valence electrons. The number of hydrogen-bond donors (Lipinski definition) is 2. The first kappa shape index (κ1) is 15.2. The quantitative estimate of drug-likeness (QED) is 0.767. The van der Waals surface area contributed by atoms with Crippen LogP contribution >= 0.6 is 0 Å². The van der Waals surface area contributed by atoms with Crippen molar-refractivity contribution < 1.29 is 14.7 Å². The molecule has 0 aliphatic carbocycles. The molecule has 0 spiro atoms. The number of benzene rings is 1. The van der Waals surface area contributed by atoms with E-state index in [1.54, 1.807) is 18.0 Å². The van der Waals surface area contributed by atoms with Crippen LogP contribution in [0.2, 0.25) is 0 Å². The largest absolute Gasteiger partial charge is 0.481 e. The van der Waals surface area contributed by atoms with Crippen LogP contribution in [0.4, 0.5) is 0 Å². The van der Waals surface area contributed by atoms with Gasteiger partial charge in [0.2, 0.25) is 5.91 Å². The molecule has 2 N–H and O–H groups in total. The Balaban J connectivity index is 2.53. The molecule has 0 radical (unpaired) electrons. The van der Waals surface area contributed by atoms with Gasteiger partial charge in [-0.2, -0.15) is 0 Å². The highest BCUT2D eigenvalue weighted by atomic mass is 16.4. The van der Waals surface area contributed by atoms with E-state index in [-0.39, 0.29) is 18.9 Å². The molecule has 0 atom stereocenters. The second-order valence-corrected chi connectivity index (χ2v) is 4.35. The Kier molecular flexibility index (Phi) is 6.02. The number of hydrogen-bond acceptors (Lipinski definition) is 3. The van der Waals surface area contributed by atoms with Crippen molar-refractivity contribution in [3.05, 3.63) is 35.4 Å². The van der Waals surface area contributed by atoms with Gasteiger partial charge >= 0.3 is 5.97 Å². The first-order valence-electron chi connectivity index (χ1n) is 6.27. The highest BCUT2D eigenvalue weighted by Gasteiger charge is 2.08. The third-order valence-corrected chi connectivity index (χ3v) is 2.95. The molecule has 1 aromatic rings. The maximum absolute atomic E-state index is 11.6. The number of rotatable bonds is 7. The minimum atomic E-state index is -0.853. The number of carboxylic acids is 1. The summed E-state index contributed by atoms with van der Waals surface area (Å²) >= 11 is 0. The van der Waals surface area contributed by atoms with Gasteiger partial charge in [-0.25, -0.2) is 0 Å². The van der Waals surface area contributed by atoms with Crippen LogP contribution in [-0.2, 0) is 22.6 Å². The van der Waals surface area contributed by atoms with Crippen molar-refractivity contribution in [2.45, 2.75) is 19.9 Å². The predicted molar refractivity (Wildman–Crippen MR) is 72.8 cm³/mol. The van der Waals surface area contributed by atoms with E-state index in [4.69, 9.17) is 5.11 Å². The summed E-state index contributed by atoms with van der Waals surface area (Å²) in [5, 5.41) is 11.9. The van der Waals surface area contributed by atoms with Gasteiger partial charge in [0.1, 0.15) is 0 Å². The zero-order valence-corrected chi connectivity index (χ0v) is 11.3. The third kappa shape index (κ3) is 5.09. The van der Waals surface area contributed by atoms with Crippen molar-refractivity contribution in [1.29, 1.82) is 0 Å². The lowest BCUT2D eigenvalue weighted by atomic mass is 10.0. The number of carbonyl (C=O) groups is 2. The summed E-state index contributed by atoms with van der Waals surface area (Å²) in [5.41, 5.74) is 1.69. The Hall–Kier alpha value is -1.88. The van der Waals surface area contributed by atoms with Crippen molar-refractivity contribution in [3.8, 4) is 0 Å². The molecule has 0 aliphatic heterocycles. The van der Waals surface area contributed by atoms with Crippen LogP contribution in [0, 0.1) is 0 Å². The minimum absolute atomic E-state index is 0.000657. The number of carboxylic acid groups (broad SMARTS) is 1. The fourth-order valence-electron chi connectivity index (χ4n) is 1.68. The first-order valence-corrected chi connectivity index (χ1v) is 6.27. The average molecular weight is 264 g/mol. The lowest BCUT2D eigenvalue weighted by molar-refractivity contribution is -0.136. The van der Waals surface area contributed by atoms with Gasteiger partial charge in [0, 0.05) is 20.1 Å². The summed E-state index contributed by atoms with van der Waals surface area (Å²) in [6.45, 7) is 3.34. The number of aliphatic carboxylic acids is 1. The monoisotopic (exact) mass is 264 g/mol. The van der Waals surface area contributed by atoms with Gasteiger partial charge in [-0.3, -0.25) is 9.59 Å². The topological polar surface area (TPSA) is 69.6 Å². The van der Waals surface area contributed by atoms with Crippen molar-refractivity contribution >= 4 is 11.9 Å². The van der Waals surface area contributed by atoms with Gasteiger partial charge in [-0.15, -0.1) is 0 Å². The number of likely N-dealkylation sites (N-methyl/N-ethyl adjacent to an activating group) is 1. The van der Waals surface area contributed by atoms with Crippen molar-refractivity contribution in [2.24, 2.45) is 0 Å². The molecule has 0 aliphatic rings. The zero-order chi connectivity index (χ0) is 14.3. The number of nitrogens with zero attached hydrogens (tertiary/aromatic N) is 1. The normalized spacial score (nSPS) is 10.2. The Labute approximate surface area is 113 Å². The van der Waals surface area contributed by atoms with Crippen LogP contribution in [0.3, 0.4) is 0 Å². The van der Waals surface area contributed by atoms with Crippen LogP contribution in [0.1, 0.15) is 18.1 Å². The number of nitrogens with one attached hydrogen (secondary N) is 1. The molecule has 19 heavy (non-hydrogen) atoms. The molecule has 0 aromatic heterocycles. The standard InChI is InChI=1S/C14H20N2O3/c1-3-16(2)13(17)10-15-9-12-7-5-4-6-11(12)8-14(18)19/h4-7,15H,3,8-10H2,1-2H3,(H,18,19). The van der Waals surface area contributed by atoms with Gasteiger partial charge in [-0.1, -0.05) is 24.3 Å². The molecule has 0 saturated heterocycles. The molecule has 0 heterocycles. The first-order chi connectivity index (χ1) is 9.04. The summed E-state index contributed by atoms with van der Waals surface area (Å²) < 4.78 is 0. The van der Waals surface area contributed by atoms with E-state index in [1.165, 1.54) is 0 Å². The summed E-state index contributed by atoms with van der Waals surface area (Å²) in [7, 11) is 1.75. The van der Waals surface area contributed by atoms with Gasteiger partial charge < -0.3 is 15.3 Å². The number of amides is 1. The van der Waals surface area contributed by atoms with Crippen LogP contribution in [-0.4, -0.2) is 42.0 Å². The van der Waals surface area contributed by atoms with Crippen molar-refractivity contribution in [1.82, 2.24) is 10.2 Å². The summed E-state index contributed by atoms with van der Waals surface area (Å²) in [6.07, 6.45) is 0.000657. The van der Waals surface area contributed by atoms with Gasteiger partial charge in [-0.05, 0) is 18.1 Å². The average Bonchev–Trinajstić information content (AvgIpc) is 2.39. The molecule has 0 unspecified atom stereocenters. The predicted octanol–water partition coefficient (Wildman–Crippen LogP) is 0.882. The Bertz CT molecular complexity index is 446. The molecule has 5 nitrogen and oxygen atoms in total. The Morgan fingerprint density at radius 1 is 1.26 bits per heavy atom. The molecule has 0 fully saturated rings. The van der Waals surface area contributed by atoms with E-state index >= 15 is 0 Å². The Morgan fingerprint density at radius 2 is 1.89 bits per heavy atom. The summed E-state index contributed by atoms with van der Waals surface area (Å²) in [4.78, 5) is 24.0. The molecular weight excluding hydrogens is 244 g/mol. The van der Waals surface area contributed by atoms with E-state index in [1.807, 2.05) is 25.1 Å². The maximum Gasteiger partial charge on any atom is 0.307 e. The van der Waals surface area contributed by atoms with E-state index in [9.17, 15) is 9.59 Å². The highest BCUT2D eigenvalue weighted by Crippen LogP contribution is 2.09. The number of carbonyl (C=O) groups excluding carboxylic acids is 1. The van der Waals surface area contributed by atoms with Gasteiger partial charge in [0.05, 0.1) is 13.0 Å². The van der Waals surface area contributed by atoms with E-state index in [0.29, 0.717) is 13.1 Å². The molecule has 0 bridgehead atoms. The van der Waals surface area contributed by atoms with E-state index in [2.05, 4.69) is 5.32 Å². The van der Waals surface area contributed by atoms with E-state index < -0.39 is 5.97 Å². The van der Waals surface area contributed by atoms with Crippen molar-refractivity contribution in [2.75, 3.05) is 20.1 Å². The molecule has 1 rings (SSSR count). The summed E-state index contributed by atoms with van der Waals surface area (Å²) in [6, 6.07) is 7.35. The smallest absolute Gasteiger partial charge is 0.307 e. The van der Waals surface area contributed by atoms with Gasteiger partial charge in [0.15, 0.2) is 0 Å². The molecule has 5 heteroatoms. The molecule has 1 amide bonds. The fourth-order valence-corrected chi connectivity index (χ4v) is 1.68. The lowest BCUT2D eigenvalue weighted by Gasteiger charge is -2.15. The highest BCUT2D eigenvalue weighted by molar-refractivity contribution is 5.77. The van der Waals surface area contributed by atoms with Crippen LogP contribution in [0.5, 0.6) is 0 Å². The van der Waals surface area contributed by atoms with Crippen molar-refractivity contribution in [3.63, 3.8) is 0 Å². The van der Waals surface area contributed by atoms with Gasteiger partial charge in [0.25, 0.3) is 0 Å². The molecule has 1 aromatic carbocycles. The minimum Gasteiger partial charge on any atom is -0.481 e. The Morgan fingerprint density at radius 3 is 2.47 bits per heavy atom.